The van der Waals surface area contributed by atoms with Crippen LogP contribution in [-0.2, 0) is 11.3 Å². The van der Waals surface area contributed by atoms with E-state index in [1.165, 1.54) is 22.1 Å². The molecule has 1 atom stereocenters. The molecule has 1 saturated heterocycles. The van der Waals surface area contributed by atoms with Crippen LogP contribution in [0.4, 0.5) is 0 Å². The van der Waals surface area contributed by atoms with Gasteiger partial charge in [0.15, 0.2) is 0 Å². The first-order valence-electron chi connectivity index (χ1n) is 7.53. The van der Waals surface area contributed by atoms with Gasteiger partial charge in [0, 0.05) is 12.6 Å². The third-order valence-electron chi connectivity index (χ3n) is 4.15. The molecule has 7 nitrogen and oxygen atoms in total. The van der Waals surface area contributed by atoms with Gasteiger partial charge >= 0.3 is 5.69 Å². The maximum Gasteiger partial charge on any atom is 0.332 e. The number of thiophene rings is 1. The van der Waals surface area contributed by atoms with E-state index < -0.39 is 0 Å². The summed E-state index contributed by atoms with van der Waals surface area (Å²) < 4.78 is 8.34. The van der Waals surface area contributed by atoms with Gasteiger partial charge in [-0.25, -0.2) is 4.79 Å². The fourth-order valence-electron chi connectivity index (χ4n) is 2.81. The lowest BCUT2D eigenvalue weighted by Gasteiger charge is -2.27. The predicted molar refractivity (Wildman–Crippen MR) is 89.2 cm³/mol. The lowest BCUT2D eigenvalue weighted by molar-refractivity contribution is -0.0593. The second kappa shape index (κ2) is 5.93. The molecule has 0 radical (unpaired) electrons. The number of aryl methyl sites for hydroxylation is 1. The minimum absolute atomic E-state index is 0.00591. The van der Waals surface area contributed by atoms with Crippen molar-refractivity contribution in [3.63, 3.8) is 0 Å². The van der Waals surface area contributed by atoms with Crippen LogP contribution in [0.1, 0.15) is 36.8 Å². The molecule has 0 aliphatic carbocycles. The van der Waals surface area contributed by atoms with Gasteiger partial charge in [0.25, 0.3) is 5.56 Å². The Morgan fingerprint density at radius 2 is 2.17 bits per heavy atom. The first-order chi connectivity index (χ1) is 11.0. The van der Waals surface area contributed by atoms with Crippen molar-refractivity contribution in [2.75, 3.05) is 6.61 Å². The first-order valence-corrected chi connectivity index (χ1v) is 8.34. The van der Waals surface area contributed by atoms with Gasteiger partial charge in [-0.15, -0.1) is 11.3 Å². The maximum atomic E-state index is 12.8. The van der Waals surface area contributed by atoms with E-state index in [1.807, 2.05) is 13.8 Å². The number of aromatic nitrogens is 2. The Kier molecular flexibility index (Phi) is 4.11. The molecule has 2 aromatic rings. The van der Waals surface area contributed by atoms with Crippen molar-refractivity contribution in [2.45, 2.75) is 45.9 Å². The van der Waals surface area contributed by atoms with E-state index in [1.54, 1.807) is 11.5 Å². The molecule has 0 spiro atoms. The van der Waals surface area contributed by atoms with E-state index in [0.717, 1.165) is 12.0 Å². The summed E-state index contributed by atoms with van der Waals surface area (Å²) in [5, 5.41) is 12.4. The van der Waals surface area contributed by atoms with Crippen LogP contribution in [0.3, 0.4) is 0 Å². The molecule has 3 rings (SSSR count). The second-order valence-corrected chi connectivity index (χ2v) is 6.99. The zero-order valence-electron chi connectivity index (χ0n) is 13.3. The zero-order chi connectivity index (χ0) is 16.7. The Bertz CT molecular complexity index is 887. The lowest BCUT2D eigenvalue weighted by Crippen LogP contribution is -2.44. The fourth-order valence-corrected chi connectivity index (χ4v) is 3.97. The van der Waals surface area contributed by atoms with E-state index in [9.17, 15) is 9.59 Å². The van der Waals surface area contributed by atoms with Gasteiger partial charge < -0.3 is 9.94 Å². The number of oxime groups is 1. The Morgan fingerprint density at radius 3 is 2.70 bits per heavy atom. The van der Waals surface area contributed by atoms with Crippen LogP contribution in [0.2, 0.25) is 0 Å². The van der Waals surface area contributed by atoms with Crippen molar-refractivity contribution in [3.05, 3.63) is 31.3 Å². The molecule has 0 amide bonds. The normalized spacial score (nSPS) is 18.2. The van der Waals surface area contributed by atoms with Crippen LogP contribution >= 0.6 is 11.3 Å². The molecule has 1 unspecified atom stereocenters. The number of ether oxygens (including phenoxy) is 1. The molecule has 1 aliphatic heterocycles. The molecule has 2 aromatic heterocycles. The number of rotatable bonds is 4. The summed E-state index contributed by atoms with van der Waals surface area (Å²) >= 11 is 1.29. The van der Waals surface area contributed by atoms with Gasteiger partial charge in [-0.3, -0.25) is 13.9 Å². The van der Waals surface area contributed by atoms with E-state index in [4.69, 9.17) is 9.94 Å². The highest BCUT2D eigenvalue weighted by Crippen LogP contribution is 2.27. The predicted octanol–water partition coefficient (Wildman–Crippen LogP) is 1.71. The lowest BCUT2D eigenvalue weighted by atomic mass is 10.2. The van der Waals surface area contributed by atoms with Crippen LogP contribution < -0.4 is 11.2 Å². The van der Waals surface area contributed by atoms with E-state index in [-0.39, 0.29) is 23.4 Å². The number of hydrogen-bond acceptors (Lipinski definition) is 6. The maximum absolute atomic E-state index is 12.8. The molecule has 1 N–H and O–H groups in total. The molecular formula is C15H19N3O4S. The molecule has 1 aliphatic rings. The highest BCUT2D eigenvalue weighted by molar-refractivity contribution is 7.20. The standard InChI is InChI=1S/C15H19N3O4S/c1-8(2)18-13(19)12-9(3)11(6-16-21)23-14(12)17(15(18)20)7-10-4-5-22-10/h6,8,10,21H,4-5,7H2,1-3H3. The van der Waals surface area contributed by atoms with Crippen molar-refractivity contribution in [3.8, 4) is 0 Å². The highest BCUT2D eigenvalue weighted by atomic mass is 32.1. The Balaban J connectivity index is 2.36. The minimum atomic E-state index is -0.318. The second-order valence-electron chi connectivity index (χ2n) is 5.96. The fraction of sp³-hybridized carbons (Fsp3) is 0.533. The Labute approximate surface area is 136 Å². The zero-order valence-corrected chi connectivity index (χ0v) is 14.1. The molecule has 0 bridgehead atoms. The summed E-state index contributed by atoms with van der Waals surface area (Å²) in [6.07, 6.45) is 2.21. The third kappa shape index (κ3) is 2.51. The van der Waals surface area contributed by atoms with Gasteiger partial charge in [-0.2, -0.15) is 0 Å². The third-order valence-corrected chi connectivity index (χ3v) is 5.40. The summed E-state index contributed by atoms with van der Waals surface area (Å²) in [5.41, 5.74) is 0.115. The van der Waals surface area contributed by atoms with Crippen molar-refractivity contribution < 1.29 is 9.94 Å². The molecule has 8 heteroatoms. The van der Waals surface area contributed by atoms with E-state index >= 15 is 0 Å². The van der Waals surface area contributed by atoms with Gasteiger partial charge in [0.2, 0.25) is 0 Å². The molecular weight excluding hydrogens is 318 g/mol. The summed E-state index contributed by atoms with van der Waals surface area (Å²) in [7, 11) is 0. The number of fused-ring (bicyclic) bond motifs is 1. The minimum Gasteiger partial charge on any atom is -0.411 e. The largest absolute Gasteiger partial charge is 0.411 e. The highest BCUT2D eigenvalue weighted by Gasteiger charge is 2.25. The van der Waals surface area contributed by atoms with Crippen LogP contribution in [-0.4, -0.2) is 33.3 Å². The smallest absolute Gasteiger partial charge is 0.332 e. The molecule has 3 heterocycles. The number of nitrogens with zero attached hydrogens (tertiary/aromatic N) is 3. The average Bonchev–Trinajstić information content (AvgIpc) is 2.74. The van der Waals surface area contributed by atoms with Gasteiger partial charge in [-0.05, 0) is 32.8 Å². The van der Waals surface area contributed by atoms with Gasteiger partial charge in [0.1, 0.15) is 4.83 Å². The molecule has 1 fully saturated rings. The molecule has 23 heavy (non-hydrogen) atoms. The Morgan fingerprint density at radius 1 is 1.48 bits per heavy atom. The van der Waals surface area contributed by atoms with Crippen LogP contribution in [0.5, 0.6) is 0 Å². The van der Waals surface area contributed by atoms with Crippen molar-refractivity contribution in [1.82, 2.24) is 9.13 Å². The van der Waals surface area contributed by atoms with Crippen molar-refractivity contribution in [1.29, 1.82) is 0 Å². The van der Waals surface area contributed by atoms with Crippen molar-refractivity contribution in [2.24, 2.45) is 5.16 Å². The Hall–Kier alpha value is -1.93. The van der Waals surface area contributed by atoms with Crippen LogP contribution in [0, 0.1) is 6.92 Å². The summed E-state index contributed by atoms with van der Waals surface area (Å²) in [6.45, 7) is 6.57. The first kappa shape index (κ1) is 15.9. The van der Waals surface area contributed by atoms with Crippen LogP contribution in [0.15, 0.2) is 14.7 Å². The SMILES string of the molecule is Cc1c(C=NO)sc2c1c(=O)n(C(C)C)c(=O)n2CC1CCO1. The summed E-state index contributed by atoms with van der Waals surface area (Å²) in [6, 6.07) is -0.234. The molecule has 0 saturated carbocycles. The van der Waals surface area contributed by atoms with Gasteiger partial charge in [0.05, 0.1) is 29.1 Å². The quantitative estimate of drug-likeness (QED) is 0.523. The van der Waals surface area contributed by atoms with E-state index in [2.05, 4.69) is 5.16 Å². The number of hydrogen-bond donors (Lipinski definition) is 1. The van der Waals surface area contributed by atoms with Crippen LogP contribution in [0.25, 0.3) is 10.2 Å². The van der Waals surface area contributed by atoms with Gasteiger partial charge in [-0.1, -0.05) is 5.16 Å². The topological polar surface area (TPSA) is 85.8 Å². The average molecular weight is 337 g/mol. The summed E-state index contributed by atoms with van der Waals surface area (Å²) in [4.78, 5) is 26.8. The molecule has 0 aromatic carbocycles. The van der Waals surface area contributed by atoms with E-state index in [0.29, 0.717) is 28.2 Å². The monoisotopic (exact) mass is 337 g/mol. The van der Waals surface area contributed by atoms with Crippen molar-refractivity contribution >= 4 is 27.8 Å². The summed E-state index contributed by atoms with van der Waals surface area (Å²) in [5.74, 6) is 0. The molecule has 124 valence electrons.